The molecule has 0 aliphatic rings. The molecule has 0 heterocycles. The molecule has 1 aromatic carbocycles. The maximum absolute atomic E-state index is 10.6. The van der Waals surface area contributed by atoms with Gasteiger partial charge in [0, 0.05) is 0 Å². The molecule has 0 aliphatic heterocycles. The van der Waals surface area contributed by atoms with E-state index in [0.29, 0.717) is 6.42 Å². The fraction of sp³-hybridized carbons (Fsp3) is 0.682. The highest BCUT2D eigenvalue weighted by atomic mass is 16.6. The van der Waals surface area contributed by atoms with E-state index >= 15 is 0 Å². The van der Waals surface area contributed by atoms with Crippen LogP contribution in [0.15, 0.2) is 30.3 Å². The van der Waals surface area contributed by atoms with Crippen LogP contribution in [0.5, 0.6) is 0 Å². The second kappa shape index (κ2) is 13.7. The molecule has 0 amide bonds. The summed E-state index contributed by atoms with van der Waals surface area (Å²) in [6.07, 6.45) is 12.1. The molecule has 1 atom stereocenters. The first kappa shape index (κ1) is 23.6. The third-order valence-electron chi connectivity index (χ3n) is 5.07. The number of unbranched alkanes of at least 4 members (excludes halogenated alkanes) is 10. The topological polar surface area (TPSA) is 98.0 Å². The normalized spacial score (nSPS) is 12.9. The quantitative estimate of drug-likeness (QED) is 0.256. The van der Waals surface area contributed by atoms with E-state index in [1.54, 1.807) is 0 Å². The van der Waals surface area contributed by atoms with E-state index in [1.807, 2.05) is 0 Å². The second-order valence-electron chi connectivity index (χ2n) is 7.46. The molecule has 4 N–H and O–H groups in total. The molecular weight excluding hydrogens is 344 g/mol. The van der Waals surface area contributed by atoms with E-state index in [2.05, 4.69) is 30.3 Å². The van der Waals surface area contributed by atoms with Crippen molar-refractivity contribution in [1.82, 2.24) is 0 Å². The lowest BCUT2D eigenvalue weighted by Crippen LogP contribution is -2.49. The van der Waals surface area contributed by atoms with E-state index in [4.69, 9.17) is 5.11 Å². The Hall–Kier alpha value is -1.43. The summed E-state index contributed by atoms with van der Waals surface area (Å²) in [5.74, 6) is -4.85. The Morgan fingerprint density at radius 2 is 1.22 bits per heavy atom. The Balaban J connectivity index is 1.84. The highest BCUT2D eigenvalue weighted by molar-refractivity contribution is 5.75. The van der Waals surface area contributed by atoms with Gasteiger partial charge in [-0.1, -0.05) is 94.5 Å². The van der Waals surface area contributed by atoms with Gasteiger partial charge in [-0.05, 0) is 24.8 Å². The van der Waals surface area contributed by atoms with Crippen molar-refractivity contribution in [3.8, 4) is 0 Å². The zero-order valence-electron chi connectivity index (χ0n) is 16.4. The van der Waals surface area contributed by atoms with E-state index in [0.717, 1.165) is 19.3 Å². The van der Waals surface area contributed by atoms with Gasteiger partial charge in [0.05, 0.1) is 0 Å². The number of carboxylic acids is 1. The number of hydrogen-bond acceptors (Lipinski definition) is 4. The molecule has 154 valence electrons. The molecule has 5 heteroatoms. The van der Waals surface area contributed by atoms with Crippen molar-refractivity contribution in [2.24, 2.45) is 0 Å². The molecule has 0 spiro atoms. The van der Waals surface area contributed by atoms with Gasteiger partial charge >= 0.3 is 5.97 Å². The Bertz CT molecular complexity index is 501. The van der Waals surface area contributed by atoms with Gasteiger partial charge in [0.2, 0.25) is 0 Å². The summed E-state index contributed by atoms with van der Waals surface area (Å²) >= 11 is 0. The Morgan fingerprint density at radius 1 is 0.778 bits per heavy atom. The summed E-state index contributed by atoms with van der Waals surface area (Å²) < 4.78 is 0. The van der Waals surface area contributed by atoms with Gasteiger partial charge in [-0.25, -0.2) is 4.79 Å². The van der Waals surface area contributed by atoms with E-state index < -0.39 is 17.9 Å². The Morgan fingerprint density at radius 3 is 1.70 bits per heavy atom. The number of aliphatic hydroxyl groups is 3. The molecular formula is C22H36O5. The van der Waals surface area contributed by atoms with Crippen LogP contribution in [0.2, 0.25) is 0 Å². The minimum Gasteiger partial charge on any atom is -0.477 e. The number of aliphatic carboxylic acids is 1. The van der Waals surface area contributed by atoms with Crippen LogP contribution in [0, 0.1) is 0 Å². The molecule has 1 unspecified atom stereocenters. The number of rotatable bonds is 16. The highest BCUT2D eigenvalue weighted by Gasteiger charge is 2.41. The van der Waals surface area contributed by atoms with Crippen molar-refractivity contribution < 1.29 is 25.2 Å². The predicted octanol–water partition coefficient (Wildman–Crippen LogP) is 4.04. The number of carbonyl (C=O) groups is 1. The summed E-state index contributed by atoms with van der Waals surface area (Å²) in [4.78, 5) is 10.6. The molecule has 0 aliphatic carbocycles. The summed E-state index contributed by atoms with van der Waals surface area (Å²) in [5.41, 5.74) is 1.43. The monoisotopic (exact) mass is 380 g/mol. The molecule has 0 aromatic heterocycles. The van der Waals surface area contributed by atoms with E-state index in [9.17, 15) is 20.1 Å². The van der Waals surface area contributed by atoms with Crippen molar-refractivity contribution in [3.63, 3.8) is 0 Å². The maximum Gasteiger partial charge on any atom is 0.366 e. The molecule has 5 nitrogen and oxygen atoms in total. The van der Waals surface area contributed by atoms with Crippen molar-refractivity contribution in [1.29, 1.82) is 0 Å². The number of carboxylic acid groups (broad SMARTS) is 1. The first-order chi connectivity index (χ1) is 12.9. The number of hydrogen-bond donors (Lipinski definition) is 4. The first-order valence-corrected chi connectivity index (χ1v) is 10.3. The fourth-order valence-corrected chi connectivity index (χ4v) is 3.25. The second-order valence-corrected chi connectivity index (χ2v) is 7.46. The molecule has 0 radical (unpaired) electrons. The predicted molar refractivity (Wildman–Crippen MR) is 106 cm³/mol. The molecule has 0 bridgehead atoms. The van der Waals surface area contributed by atoms with Crippen molar-refractivity contribution in [3.05, 3.63) is 35.9 Å². The third kappa shape index (κ3) is 10.5. The Kier molecular flexibility index (Phi) is 12.0. The van der Waals surface area contributed by atoms with Crippen LogP contribution in [0.1, 0.15) is 82.6 Å². The van der Waals surface area contributed by atoms with Gasteiger partial charge < -0.3 is 20.4 Å². The molecule has 1 aromatic rings. The van der Waals surface area contributed by atoms with Gasteiger partial charge in [0.15, 0.2) is 0 Å². The van der Waals surface area contributed by atoms with Crippen LogP contribution in [0.25, 0.3) is 0 Å². The Labute approximate surface area is 163 Å². The molecule has 1 rings (SSSR count). The number of aryl methyl sites for hydroxylation is 1. The van der Waals surface area contributed by atoms with Crippen LogP contribution in [-0.4, -0.2) is 38.3 Å². The minimum atomic E-state index is -3.04. The zero-order chi connectivity index (χ0) is 20.0. The van der Waals surface area contributed by atoms with E-state index in [1.165, 1.54) is 56.9 Å². The van der Waals surface area contributed by atoms with Crippen molar-refractivity contribution in [2.75, 3.05) is 0 Å². The summed E-state index contributed by atoms with van der Waals surface area (Å²) in [6.45, 7) is 0. The van der Waals surface area contributed by atoms with Crippen LogP contribution in [0.4, 0.5) is 0 Å². The zero-order valence-corrected chi connectivity index (χ0v) is 16.4. The van der Waals surface area contributed by atoms with Gasteiger partial charge in [-0.2, -0.15) is 0 Å². The standard InChI is InChI=1S/C22H36O5/c23-20(22(26,27)21(24)25)18-14-9-7-5-3-1-2-4-6-8-11-15-19-16-12-10-13-17-19/h10,12-13,16-17,20,23,26-27H,1-9,11,14-15,18H2,(H,24,25). The maximum atomic E-state index is 10.6. The van der Waals surface area contributed by atoms with Crippen molar-refractivity contribution >= 4 is 5.97 Å². The van der Waals surface area contributed by atoms with Gasteiger partial charge in [-0.3, -0.25) is 0 Å². The average molecular weight is 381 g/mol. The van der Waals surface area contributed by atoms with Crippen LogP contribution >= 0.6 is 0 Å². The first-order valence-electron chi connectivity index (χ1n) is 10.3. The number of benzene rings is 1. The van der Waals surface area contributed by atoms with Gasteiger partial charge in [0.25, 0.3) is 5.79 Å². The summed E-state index contributed by atoms with van der Waals surface area (Å²) in [5, 5.41) is 36.5. The van der Waals surface area contributed by atoms with Crippen LogP contribution < -0.4 is 0 Å². The lowest BCUT2D eigenvalue weighted by atomic mass is 10.0. The third-order valence-corrected chi connectivity index (χ3v) is 5.07. The van der Waals surface area contributed by atoms with E-state index in [-0.39, 0.29) is 6.42 Å². The average Bonchev–Trinajstić information content (AvgIpc) is 2.65. The smallest absolute Gasteiger partial charge is 0.366 e. The fourth-order valence-electron chi connectivity index (χ4n) is 3.25. The van der Waals surface area contributed by atoms with Crippen LogP contribution in [-0.2, 0) is 11.2 Å². The highest BCUT2D eigenvalue weighted by Crippen LogP contribution is 2.16. The minimum absolute atomic E-state index is 0.0856. The SMILES string of the molecule is O=C(O)C(O)(O)C(O)CCCCCCCCCCCCCc1ccccc1. The number of aliphatic hydroxyl groups excluding tert-OH is 1. The largest absolute Gasteiger partial charge is 0.477 e. The lowest BCUT2D eigenvalue weighted by Gasteiger charge is -2.22. The van der Waals surface area contributed by atoms with Crippen molar-refractivity contribution in [2.45, 2.75) is 95.4 Å². The molecule has 27 heavy (non-hydrogen) atoms. The lowest BCUT2D eigenvalue weighted by molar-refractivity contribution is -0.237. The molecule has 0 saturated carbocycles. The summed E-state index contributed by atoms with van der Waals surface area (Å²) in [6, 6.07) is 10.6. The van der Waals surface area contributed by atoms with Gasteiger partial charge in [-0.15, -0.1) is 0 Å². The molecule has 0 fully saturated rings. The molecule has 0 saturated heterocycles. The summed E-state index contributed by atoms with van der Waals surface area (Å²) in [7, 11) is 0. The van der Waals surface area contributed by atoms with Gasteiger partial charge in [0.1, 0.15) is 6.10 Å². The van der Waals surface area contributed by atoms with Crippen LogP contribution in [0.3, 0.4) is 0 Å².